The van der Waals surface area contributed by atoms with Crippen LogP contribution in [0.3, 0.4) is 0 Å². The first-order valence-corrected chi connectivity index (χ1v) is 6.09. The van der Waals surface area contributed by atoms with E-state index in [9.17, 15) is 4.79 Å². The standard InChI is InChI=1S/C11H12N4O2S/c1-15(4-7-5-18-6-14-7)10-2-8(11(16)17)9(12)3-13-10/h2-3,5-6H,4,12H2,1H3,(H,16,17). The number of nitrogens with zero attached hydrogens (tertiary/aromatic N) is 3. The highest BCUT2D eigenvalue weighted by molar-refractivity contribution is 7.07. The Kier molecular flexibility index (Phi) is 3.42. The SMILES string of the molecule is CN(Cc1cscn1)c1cc(C(=O)O)c(N)cn1. The van der Waals surface area contributed by atoms with Crippen molar-refractivity contribution in [3.8, 4) is 0 Å². The van der Waals surface area contributed by atoms with E-state index in [2.05, 4.69) is 9.97 Å². The lowest BCUT2D eigenvalue weighted by molar-refractivity contribution is 0.0698. The van der Waals surface area contributed by atoms with Gasteiger partial charge in [-0.2, -0.15) is 0 Å². The van der Waals surface area contributed by atoms with Crippen LogP contribution in [0.4, 0.5) is 11.5 Å². The number of nitrogens with two attached hydrogens (primary N) is 1. The first kappa shape index (κ1) is 12.3. The van der Waals surface area contributed by atoms with Crippen molar-refractivity contribution in [2.24, 2.45) is 0 Å². The Morgan fingerprint density at radius 3 is 2.94 bits per heavy atom. The summed E-state index contributed by atoms with van der Waals surface area (Å²) in [5, 5.41) is 10.9. The van der Waals surface area contributed by atoms with Gasteiger partial charge < -0.3 is 15.7 Å². The molecule has 2 rings (SSSR count). The molecule has 3 N–H and O–H groups in total. The second-order valence-electron chi connectivity index (χ2n) is 3.77. The number of pyridine rings is 1. The molecule has 0 bridgehead atoms. The number of aromatic carboxylic acids is 1. The zero-order valence-electron chi connectivity index (χ0n) is 9.70. The van der Waals surface area contributed by atoms with Gasteiger partial charge in [0.05, 0.1) is 35.2 Å². The average Bonchev–Trinajstić information content (AvgIpc) is 2.81. The molecule has 6 nitrogen and oxygen atoms in total. The molecule has 0 fully saturated rings. The lowest BCUT2D eigenvalue weighted by Crippen LogP contribution is -2.19. The summed E-state index contributed by atoms with van der Waals surface area (Å²) >= 11 is 1.51. The summed E-state index contributed by atoms with van der Waals surface area (Å²) in [6.07, 6.45) is 1.36. The zero-order valence-corrected chi connectivity index (χ0v) is 10.5. The molecule has 18 heavy (non-hydrogen) atoms. The van der Waals surface area contributed by atoms with Crippen molar-refractivity contribution >= 4 is 28.8 Å². The Hall–Kier alpha value is -2.15. The van der Waals surface area contributed by atoms with E-state index >= 15 is 0 Å². The minimum Gasteiger partial charge on any atom is -0.478 e. The lowest BCUT2D eigenvalue weighted by atomic mass is 10.2. The van der Waals surface area contributed by atoms with Crippen LogP contribution in [0, 0.1) is 0 Å². The van der Waals surface area contributed by atoms with Gasteiger partial charge in [-0.1, -0.05) is 0 Å². The summed E-state index contributed by atoms with van der Waals surface area (Å²) in [4.78, 5) is 21.1. The normalized spacial score (nSPS) is 10.3. The van der Waals surface area contributed by atoms with Crippen molar-refractivity contribution in [2.75, 3.05) is 17.7 Å². The van der Waals surface area contributed by atoms with Crippen molar-refractivity contribution in [3.05, 3.63) is 34.4 Å². The number of aromatic nitrogens is 2. The van der Waals surface area contributed by atoms with E-state index in [1.165, 1.54) is 23.6 Å². The second-order valence-corrected chi connectivity index (χ2v) is 4.49. The summed E-state index contributed by atoms with van der Waals surface area (Å²) < 4.78 is 0. The Morgan fingerprint density at radius 2 is 2.33 bits per heavy atom. The van der Waals surface area contributed by atoms with Gasteiger partial charge in [-0.3, -0.25) is 0 Å². The topological polar surface area (TPSA) is 92.3 Å². The fourth-order valence-corrected chi connectivity index (χ4v) is 2.04. The number of hydrogen-bond acceptors (Lipinski definition) is 6. The average molecular weight is 264 g/mol. The van der Waals surface area contributed by atoms with Crippen LogP contribution in [0.15, 0.2) is 23.2 Å². The summed E-state index contributed by atoms with van der Waals surface area (Å²) in [7, 11) is 1.82. The third-order valence-electron chi connectivity index (χ3n) is 2.42. The van der Waals surface area contributed by atoms with Crippen LogP contribution in [-0.2, 0) is 6.54 Å². The smallest absolute Gasteiger partial charge is 0.337 e. The van der Waals surface area contributed by atoms with Crippen LogP contribution < -0.4 is 10.6 Å². The number of thiazole rings is 1. The highest BCUT2D eigenvalue weighted by Crippen LogP contribution is 2.18. The highest BCUT2D eigenvalue weighted by Gasteiger charge is 2.12. The van der Waals surface area contributed by atoms with E-state index < -0.39 is 5.97 Å². The second kappa shape index (κ2) is 5.01. The van der Waals surface area contributed by atoms with Crippen LogP contribution in [0.5, 0.6) is 0 Å². The number of hydrogen-bond donors (Lipinski definition) is 2. The van der Waals surface area contributed by atoms with Crippen LogP contribution >= 0.6 is 11.3 Å². The molecule has 2 heterocycles. The molecule has 7 heteroatoms. The highest BCUT2D eigenvalue weighted by atomic mass is 32.1. The third-order valence-corrected chi connectivity index (χ3v) is 3.06. The predicted octanol–water partition coefficient (Wildman–Crippen LogP) is 1.45. The zero-order chi connectivity index (χ0) is 13.1. The van der Waals surface area contributed by atoms with Crippen molar-refractivity contribution in [1.29, 1.82) is 0 Å². The Balaban J connectivity index is 2.22. The molecule has 2 aromatic rings. The fourth-order valence-electron chi connectivity index (χ4n) is 1.49. The molecule has 94 valence electrons. The molecule has 0 spiro atoms. The van der Waals surface area contributed by atoms with Gasteiger partial charge in [0, 0.05) is 12.4 Å². The summed E-state index contributed by atoms with van der Waals surface area (Å²) in [6, 6.07) is 1.46. The number of nitrogen functional groups attached to an aromatic ring is 1. The van der Waals surface area contributed by atoms with Gasteiger partial charge >= 0.3 is 5.97 Å². The molecule has 0 radical (unpaired) electrons. The Bertz CT molecular complexity index is 556. The van der Waals surface area contributed by atoms with E-state index in [0.717, 1.165) is 5.69 Å². The minimum atomic E-state index is -1.06. The van der Waals surface area contributed by atoms with E-state index in [1.807, 2.05) is 17.3 Å². The molecule has 0 aliphatic rings. The molecule has 0 unspecified atom stereocenters. The monoisotopic (exact) mass is 264 g/mol. The Labute approximate surface area is 108 Å². The first-order chi connectivity index (χ1) is 8.58. The molecule has 0 aromatic carbocycles. The Morgan fingerprint density at radius 1 is 1.56 bits per heavy atom. The predicted molar refractivity (Wildman–Crippen MR) is 69.8 cm³/mol. The van der Waals surface area contributed by atoms with E-state index in [-0.39, 0.29) is 11.3 Å². The van der Waals surface area contributed by atoms with Gasteiger partial charge in [0.1, 0.15) is 5.82 Å². The molecular formula is C11H12N4O2S. The molecular weight excluding hydrogens is 252 g/mol. The van der Waals surface area contributed by atoms with Gasteiger partial charge in [0.25, 0.3) is 0 Å². The van der Waals surface area contributed by atoms with E-state index in [4.69, 9.17) is 10.8 Å². The van der Waals surface area contributed by atoms with Crippen LogP contribution in [0.2, 0.25) is 0 Å². The van der Waals surface area contributed by atoms with E-state index in [0.29, 0.717) is 12.4 Å². The van der Waals surface area contributed by atoms with Crippen molar-refractivity contribution in [2.45, 2.75) is 6.54 Å². The molecule has 0 saturated heterocycles. The van der Waals surface area contributed by atoms with Crippen molar-refractivity contribution in [1.82, 2.24) is 9.97 Å². The number of rotatable bonds is 4. The number of carboxylic acids is 1. The minimum absolute atomic E-state index is 0.0603. The summed E-state index contributed by atoms with van der Waals surface area (Å²) in [5.74, 6) is -0.507. The van der Waals surface area contributed by atoms with Crippen molar-refractivity contribution in [3.63, 3.8) is 0 Å². The van der Waals surface area contributed by atoms with Crippen LogP contribution in [0.1, 0.15) is 16.1 Å². The number of carbonyl (C=O) groups is 1. The summed E-state index contributed by atoms with van der Waals surface area (Å²) in [6.45, 7) is 0.569. The largest absolute Gasteiger partial charge is 0.478 e. The number of anilines is 2. The van der Waals surface area contributed by atoms with Crippen LogP contribution in [-0.4, -0.2) is 28.1 Å². The molecule has 0 amide bonds. The van der Waals surface area contributed by atoms with Crippen molar-refractivity contribution < 1.29 is 9.90 Å². The van der Waals surface area contributed by atoms with Gasteiger partial charge in [0.15, 0.2) is 0 Å². The van der Waals surface area contributed by atoms with Gasteiger partial charge in [-0.15, -0.1) is 11.3 Å². The third kappa shape index (κ3) is 2.57. The molecule has 2 aromatic heterocycles. The maximum atomic E-state index is 11.0. The molecule has 0 aliphatic carbocycles. The molecule has 0 saturated carbocycles. The molecule has 0 aliphatic heterocycles. The fraction of sp³-hybridized carbons (Fsp3) is 0.182. The maximum absolute atomic E-state index is 11.0. The molecule has 0 atom stereocenters. The van der Waals surface area contributed by atoms with Gasteiger partial charge in [-0.05, 0) is 6.07 Å². The number of carboxylic acid groups (broad SMARTS) is 1. The maximum Gasteiger partial charge on any atom is 0.337 e. The summed E-state index contributed by atoms with van der Waals surface area (Å²) in [5.41, 5.74) is 8.44. The quantitative estimate of drug-likeness (QED) is 0.868. The first-order valence-electron chi connectivity index (χ1n) is 5.15. The van der Waals surface area contributed by atoms with E-state index in [1.54, 1.807) is 5.51 Å². The van der Waals surface area contributed by atoms with Gasteiger partial charge in [-0.25, -0.2) is 14.8 Å². The van der Waals surface area contributed by atoms with Gasteiger partial charge in [0.2, 0.25) is 0 Å². The lowest BCUT2D eigenvalue weighted by Gasteiger charge is -2.17. The van der Waals surface area contributed by atoms with Crippen LogP contribution in [0.25, 0.3) is 0 Å².